The maximum absolute atomic E-state index is 15.8. The predicted octanol–water partition coefficient (Wildman–Crippen LogP) is 5.87. The van der Waals surface area contributed by atoms with E-state index >= 15 is 4.39 Å². The number of alkyl carbamates (subject to hydrolysis) is 1. The molecule has 19 heteroatoms. The van der Waals surface area contributed by atoms with Crippen LogP contribution < -0.4 is 20.1 Å². The van der Waals surface area contributed by atoms with E-state index in [1.165, 1.54) is 36.4 Å². The van der Waals surface area contributed by atoms with Crippen molar-refractivity contribution >= 4 is 56.4 Å². The van der Waals surface area contributed by atoms with Gasteiger partial charge in [0.05, 0.1) is 23.3 Å². The molecular formula is C42H59FN8O8S2. The number of hydrogen-bond acceptors (Lipinski definition) is 11. The predicted molar refractivity (Wildman–Crippen MR) is 230 cm³/mol. The molecule has 3 aromatic rings. The van der Waals surface area contributed by atoms with Crippen LogP contribution in [0.1, 0.15) is 116 Å². The minimum atomic E-state index is -4.21. The van der Waals surface area contributed by atoms with Gasteiger partial charge < -0.3 is 25.0 Å². The third-order valence-electron chi connectivity index (χ3n) is 11.2. The van der Waals surface area contributed by atoms with Gasteiger partial charge in [0.1, 0.15) is 45.7 Å². The number of halogens is 1. The van der Waals surface area contributed by atoms with Crippen LogP contribution in [0.5, 0.6) is 6.01 Å². The number of carbonyl (C=O) groups excluding carboxylic acids is 4. The lowest BCUT2D eigenvalue weighted by molar-refractivity contribution is -0.141. The molecule has 3 N–H and O–H groups in total. The van der Waals surface area contributed by atoms with Crippen molar-refractivity contribution in [2.24, 2.45) is 5.92 Å². The van der Waals surface area contributed by atoms with Gasteiger partial charge in [-0.25, -0.2) is 18.9 Å². The fourth-order valence-electron chi connectivity index (χ4n) is 8.02. The first-order valence-electron chi connectivity index (χ1n) is 20.9. The Kier molecular flexibility index (Phi) is 13.3. The Bertz CT molecular complexity index is 2320. The van der Waals surface area contributed by atoms with Crippen LogP contribution in [0.4, 0.5) is 9.18 Å². The van der Waals surface area contributed by atoms with E-state index < -0.39 is 75.1 Å². The largest absolute Gasteiger partial charge is 0.459 e. The summed E-state index contributed by atoms with van der Waals surface area (Å²) < 4.78 is 58.3. The third-order valence-corrected chi connectivity index (χ3v) is 13.6. The Labute approximate surface area is 361 Å². The van der Waals surface area contributed by atoms with Crippen LogP contribution in [0, 0.1) is 18.7 Å². The maximum Gasteiger partial charge on any atom is 0.408 e. The van der Waals surface area contributed by atoms with Crippen molar-refractivity contribution in [3.63, 3.8) is 0 Å². The molecule has 5 atom stereocenters. The highest BCUT2D eigenvalue weighted by Gasteiger charge is 2.62. The number of thiazole rings is 1. The second-order valence-corrected chi connectivity index (χ2v) is 21.1. The number of carbonyl (C=O) groups is 4. The van der Waals surface area contributed by atoms with Gasteiger partial charge in [-0.05, 0) is 85.3 Å². The smallest absolute Gasteiger partial charge is 0.408 e. The Morgan fingerprint density at radius 1 is 1.10 bits per heavy atom. The highest BCUT2D eigenvalue weighted by Crippen LogP contribution is 2.46. The molecule has 1 aromatic carbocycles. The topological polar surface area (TPSA) is 194 Å². The first-order chi connectivity index (χ1) is 28.5. The molecule has 2 aromatic heterocycles. The second-order valence-electron chi connectivity index (χ2n) is 18.0. The molecule has 61 heavy (non-hydrogen) atoms. The molecule has 2 fully saturated rings. The van der Waals surface area contributed by atoms with E-state index in [9.17, 15) is 27.6 Å². The van der Waals surface area contributed by atoms with Crippen molar-refractivity contribution in [3.05, 3.63) is 40.7 Å². The Hall–Kier alpha value is -4.62. The van der Waals surface area contributed by atoms with E-state index in [2.05, 4.69) is 15.4 Å². The van der Waals surface area contributed by atoms with Crippen LogP contribution in [-0.2, 0) is 29.3 Å². The number of aromatic nitrogens is 3. The zero-order valence-electron chi connectivity index (χ0n) is 36.6. The summed E-state index contributed by atoms with van der Waals surface area (Å²) in [5.74, 6) is -3.00. The molecule has 2 aliphatic heterocycles. The van der Waals surface area contributed by atoms with Crippen molar-refractivity contribution < 1.29 is 41.5 Å². The number of aryl methyl sites for hydroxylation is 1. The fraction of sp³-hybridized carbons (Fsp3) is 0.619. The van der Waals surface area contributed by atoms with E-state index in [1.54, 1.807) is 26.8 Å². The summed E-state index contributed by atoms with van der Waals surface area (Å²) in [5, 5.41) is 6.07. The minimum Gasteiger partial charge on any atom is -0.459 e. The number of hydrogen-bond donors (Lipinski definition) is 3. The lowest BCUT2D eigenvalue weighted by atomic mass is 10.0. The number of nitrogens with zero attached hydrogens (tertiary/aromatic N) is 5. The molecule has 0 unspecified atom stereocenters. The summed E-state index contributed by atoms with van der Waals surface area (Å²) in [6.07, 6.45) is 5.19. The van der Waals surface area contributed by atoms with Crippen molar-refractivity contribution in [2.75, 3.05) is 20.6 Å². The number of amides is 4. The molecule has 334 valence electrons. The van der Waals surface area contributed by atoms with Crippen molar-refractivity contribution in [2.45, 2.75) is 142 Å². The van der Waals surface area contributed by atoms with Crippen molar-refractivity contribution in [1.29, 1.82) is 0 Å². The molecule has 1 aliphatic carbocycles. The highest BCUT2D eigenvalue weighted by molar-refractivity contribution is 7.87. The molecule has 1 saturated carbocycles. The second kappa shape index (κ2) is 17.6. The Morgan fingerprint density at radius 2 is 1.82 bits per heavy atom. The molecule has 0 radical (unpaired) electrons. The van der Waals surface area contributed by atoms with Crippen molar-refractivity contribution in [1.82, 2.24) is 39.1 Å². The molecule has 1 saturated heterocycles. The Morgan fingerprint density at radius 3 is 2.46 bits per heavy atom. The van der Waals surface area contributed by atoms with Crippen LogP contribution in [-0.4, -0.2) is 106 Å². The van der Waals surface area contributed by atoms with Gasteiger partial charge in [-0.1, -0.05) is 38.8 Å². The molecule has 16 nitrogen and oxygen atoms in total. The quantitative estimate of drug-likeness (QED) is 0.219. The summed E-state index contributed by atoms with van der Waals surface area (Å²) in [7, 11) is -1.64. The Balaban J connectivity index is 1.38. The number of allylic oxidation sites excluding steroid dienone is 1. The number of benzene rings is 1. The number of rotatable bonds is 9. The molecule has 4 amide bonds. The van der Waals surface area contributed by atoms with Gasteiger partial charge in [0.2, 0.25) is 11.8 Å². The van der Waals surface area contributed by atoms with E-state index in [-0.39, 0.29) is 49.3 Å². The van der Waals surface area contributed by atoms with Crippen molar-refractivity contribution in [3.8, 4) is 16.6 Å². The summed E-state index contributed by atoms with van der Waals surface area (Å²) >= 11 is 1.39. The zero-order valence-corrected chi connectivity index (χ0v) is 38.3. The minimum absolute atomic E-state index is 0.0448. The van der Waals surface area contributed by atoms with Gasteiger partial charge >= 0.3 is 16.3 Å². The normalized spacial score (nSPS) is 24.5. The van der Waals surface area contributed by atoms with Gasteiger partial charge in [0.25, 0.3) is 11.9 Å². The van der Waals surface area contributed by atoms with E-state index in [4.69, 9.17) is 19.4 Å². The molecule has 0 bridgehead atoms. The summed E-state index contributed by atoms with van der Waals surface area (Å²) in [6, 6.07) is 0.695. The number of imidazole rings is 1. The van der Waals surface area contributed by atoms with E-state index in [1.807, 2.05) is 51.3 Å². The van der Waals surface area contributed by atoms with Crippen LogP contribution >= 0.6 is 11.3 Å². The third kappa shape index (κ3) is 9.88. The van der Waals surface area contributed by atoms with Crippen LogP contribution in [0.2, 0.25) is 0 Å². The highest BCUT2D eigenvalue weighted by atomic mass is 32.2. The van der Waals surface area contributed by atoms with Gasteiger partial charge in [0.15, 0.2) is 0 Å². The molecule has 0 spiro atoms. The lowest BCUT2D eigenvalue weighted by Crippen LogP contribution is -2.58. The van der Waals surface area contributed by atoms with E-state index in [0.717, 1.165) is 27.7 Å². The molecule has 3 aliphatic rings. The monoisotopic (exact) mass is 886 g/mol. The number of ether oxygens (including phenoxy) is 2. The van der Waals surface area contributed by atoms with Gasteiger partial charge in [0, 0.05) is 37.4 Å². The standard InChI is InChI=1S/C42H59FN8O8S2/c1-23(2)33-25(5)60-36(45-33)32-28(43)18-19-30-34(32)46-39(51(30)24(3)4)58-27-20-31-35(52)47-42(38(54)48-61(56,57)49(9)10)21-26(42)16-14-12-11-13-15-17-29(37(53)50(31)22-27)44-40(55)59-41(6,7)8/h14,16,18-19,23-24,26-27,29,31H,11-13,15,17,20-22H2,1-10H3,(H,44,55)(H,47,52)(H,48,54)/b16-14-/t26-,27-,29+,31+,42-/m1/s1. The maximum atomic E-state index is 15.8. The first-order valence-corrected chi connectivity index (χ1v) is 23.2. The molecule has 4 heterocycles. The first kappa shape index (κ1) is 45.9. The number of fused-ring (bicyclic) bond motifs is 3. The van der Waals surface area contributed by atoms with E-state index in [0.29, 0.717) is 28.9 Å². The molecular weight excluding hydrogens is 828 g/mol. The van der Waals surface area contributed by atoms with Crippen LogP contribution in [0.25, 0.3) is 21.6 Å². The van der Waals surface area contributed by atoms with Gasteiger partial charge in [-0.3, -0.25) is 19.0 Å². The van der Waals surface area contributed by atoms with Crippen LogP contribution in [0.3, 0.4) is 0 Å². The number of nitrogens with one attached hydrogen (secondary N) is 3. The van der Waals surface area contributed by atoms with Gasteiger partial charge in [-0.2, -0.15) is 17.7 Å². The average molecular weight is 887 g/mol. The molecule has 6 rings (SSSR count). The summed E-state index contributed by atoms with van der Waals surface area (Å²) in [6.45, 7) is 14.9. The van der Waals surface area contributed by atoms with Crippen LogP contribution in [0.15, 0.2) is 24.3 Å². The SMILES string of the molecule is Cc1sc(-c2c(F)ccc3c2nc(O[C@@H]2C[C@H]4C(=O)N[C@]5(C(=O)NS(=O)(=O)N(C)C)C[C@H]5/C=C\CCCCC[C@H](NC(=O)OC(C)(C)C)C(=O)N4C2)n3C(C)C)nc1C(C)C. The fourth-order valence-corrected chi connectivity index (χ4v) is 9.73. The lowest BCUT2D eigenvalue weighted by Gasteiger charge is -2.30. The average Bonchev–Trinajstić information content (AvgIpc) is 3.41. The summed E-state index contributed by atoms with van der Waals surface area (Å²) in [4.78, 5) is 68.1. The van der Waals surface area contributed by atoms with Gasteiger partial charge in [-0.15, -0.1) is 11.3 Å². The summed E-state index contributed by atoms with van der Waals surface area (Å²) in [5.41, 5.74) is -0.362. The zero-order chi connectivity index (χ0) is 44.8.